The van der Waals surface area contributed by atoms with E-state index in [-0.39, 0.29) is 24.4 Å². The lowest BCUT2D eigenvalue weighted by atomic mass is 10.2. The van der Waals surface area contributed by atoms with E-state index in [1.807, 2.05) is 29.6 Å². The van der Waals surface area contributed by atoms with E-state index in [4.69, 9.17) is 4.74 Å². The first-order valence-electron chi connectivity index (χ1n) is 6.56. The van der Waals surface area contributed by atoms with Crippen LogP contribution in [0.3, 0.4) is 0 Å². The molecule has 3 rings (SSSR count). The maximum absolute atomic E-state index is 12.1. The Morgan fingerprint density at radius 2 is 2.36 bits per heavy atom. The normalized spacial score (nSPS) is 17.6. The maximum Gasteiger partial charge on any atom is 0.245 e. The molecule has 22 heavy (non-hydrogen) atoms. The molecule has 1 aromatic heterocycles. The van der Waals surface area contributed by atoms with Crippen LogP contribution in [0, 0.1) is 0 Å². The number of anilines is 1. The van der Waals surface area contributed by atoms with Crippen LogP contribution in [0.2, 0.25) is 0 Å². The summed E-state index contributed by atoms with van der Waals surface area (Å²) in [6.45, 7) is 1.74. The lowest BCUT2D eigenvalue weighted by Crippen LogP contribution is -2.48. The summed E-state index contributed by atoms with van der Waals surface area (Å²) in [5.74, 6) is -0.107. The molecule has 2 aromatic rings. The number of rotatable bonds is 3. The summed E-state index contributed by atoms with van der Waals surface area (Å²) in [4.78, 5) is 16.5. The second-order valence-corrected chi connectivity index (χ2v) is 6.39. The third-order valence-corrected chi connectivity index (χ3v) is 4.34. The van der Waals surface area contributed by atoms with Gasteiger partial charge in [0.25, 0.3) is 0 Å². The number of carbonyl (C=O) groups is 1. The molecule has 1 atom stereocenters. The fourth-order valence-corrected chi connectivity index (χ4v) is 3.16. The van der Waals surface area contributed by atoms with Crippen LogP contribution in [-0.4, -0.2) is 36.7 Å². The second kappa shape index (κ2) is 8.03. The monoisotopic (exact) mass is 403 g/mol. The number of aromatic nitrogens is 1. The average molecular weight is 405 g/mol. The van der Waals surface area contributed by atoms with E-state index >= 15 is 0 Å². The van der Waals surface area contributed by atoms with Crippen molar-refractivity contribution in [1.82, 2.24) is 10.3 Å². The van der Waals surface area contributed by atoms with E-state index in [1.54, 1.807) is 0 Å². The minimum atomic E-state index is -0.308. The average Bonchev–Trinajstić information content (AvgIpc) is 2.97. The van der Waals surface area contributed by atoms with Crippen LogP contribution in [0.1, 0.15) is 0 Å². The lowest BCUT2D eigenvalue weighted by Gasteiger charge is -2.22. The predicted molar refractivity (Wildman–Crippen MR) is 93.7 cm³/mol. The number of hydrogen-bond acceptors (Lipinski definition) is 5. The lowest BCUT2D eigenvalue weighted by molar-refractivity contribution is -0.120. The van der Waals surface area contributed by atoms with Gasteiger partial charge < -0.3 is 15.4 Å². The highest BCUT2D eigenvalue weighted by molar-refractivity contribution is 9.10. The van der Waals surface area contributed by atoms with Gasteiger partial charge in [-0.25, -0.2) is 4.98 Å². The van der Waals surface area contributed by atoms with Gasteiger partial charge in [0.2, 0.25) is 5.91 Å². The summed E-state index contributed by atoms with van der Waals surface area (Å²) in [5, 5.41) is 8.48. The summed E-state index contributed by atoms with van der Waals surface area (Å²) in [6, 6.07) is 7.60. The van der Waals surface area contributed by atoms with E-state index < -0.39 is 0 Å². The molecule has 1 aromatic carbocycles. The zero-order valence-electron chi connectivity index (χ0n) is 11.5. The first kappa shape index (κ1) is 17.4. The molecule has 2 N–H and O–H groups in total. The molecule has 118 valence electrons. The number of ether oxygens (including phenoxy) is 1. The summed E-state index contributed by atoms with van der Waals surface area (Å²) in [6.07, 6.45) is 0. The van der Waals surface area contributed by atoms with Crippen molar-refractivity contribution in [3.63, 3.8) is 0 Å². The Balaban J connectivity index is 0.00000176. The Morgan fingerprint density at radius 3 is 3.09 bits per heavy atom. The number of morpholine rings is 1. The molecule has 0 spiro atoms. The highest BCUT2D eigenvalue weighted by atomic mass is 79.9. The van der Waals surface area contributed by atoms with Crippen molar-refractivity contribution in [3.8, 4) is 11.3 Å². The van der Waals surface area contributed by atoms with E-state index in [0.717, 1.165) is 15.7 Å². The molecule has 1 aliphatic rings. The van der Waals surface area contributed by atoms with Crippen molar-refractivity contribution in [1.29, 1.82) is 0 Å². The van der Waals surface area contributed by atoms with Gasteiger partial charge in [0.15, 0.2) is 5.13 Å². The zero-order valence-corrected chi connectivity index (χ0v) is 14.8. The Kier molecular flexibility index (Phi) is 6.34. The van der Waals surface area contributed by atoms with Gasteiger partial charge in [0.05, 0.1) is 18.9 Å². The molecule has 1 fully saturated rings. The topological polar surface area (TPSA) is 63.2 Å². The summed E-state index contributed by atoms with van der Waals surface area (Å²) in [7, 11) is 0. The van der Waals surface area contributed by atoms with Gasteiger partial charge >= 0.3 is 0 Å². The molecule has 0 saturated carbocycles. The molecule has 2 heterocycles. The Labute approximate surface area is 147 Å². The molecule has 5 nitrogen and oxygen atoms in total. The Bertz CT molecular complexity index is 647. The van der Waals surface area contributed by atoms with E-state index in [9.17, 15) is 4.79 Å². The van der Waals surface area contributed by atoms with E-state index in [1.165, 1.54) is 11.3 Å². The van der Waals surface area contributed by atoms with Gasteiger partial charge in [0.1, 0.15) is 6.04 Å². The summed E-state index contributed by atoms with van der Waals surface area (Å²) < 4.78 is 6.29. The molecule has 0 bridgehead atoms. The number of nitrogens with one attached hydrogen (secondary N) is 2. The predicted octanol–water partition coefficient (Wildman–Crippen LogP) is 2.92. The Hall–Kier alpha value is -0.990. The third-order valence-electron chi connectivity index (χ3n) is 3.09. The molecule has 1 amide bonds. The van der Waals surface area contributed by atoms with Crippen molar-refractivity contribution in [2.45, 2.75) is 6.04 Å². The molecule has 0 aliphatic carbocycles. The number of nitrogens with zero attached hydrogens (tertiary/aromatic N) is 1. The van der Waals surface area contributed by atoms with Gasteiger partial charge in [-0.3, -0.25) is 4.79 Å². The second-order valence-electron chi connectivity index (χ2n) is 4.62. The largest absolute Gasteiger partial charge is 0.378 e. The van der Waals surface area contributed by atoms with Gasteiger partial charge in [-0.1, -0.05) is 28.1 Å². The van der Waals surface area contributed by atoms with Gasteiger partial charge in [0, 0.05) is 22.0 Å². The molecule has 0 radical (unpaired) electrons. The number of halogens is 2. The van der Waals surface area contributed by atoms with Crippen LogP contribution in [0.15, 0.2) is 34.1 Å². The van der Waals surface area contributed by atoms with Crippen LogP contribution in [0.5, 0.6) is 0 Å². The van der Waals surface area contributed by atoms with Crippen LogP contribution in [-0.2, 0) is 9.53 Å². The van der Waals surface area contributed by atoms with Crippen LogP contribution in [0.25, 0.3) is 11.3 Å². The van der Waals surface area contributed by atoms with Crippen molar-refractivity contribution < 1.29 is 9.53 Å². The smallest absolute Gasteiger partial charge is 0.245 e. The molecule has 1 unspecified atom stereocenters. The molecule has 8 heteroatoms. The standard InChI is InChI=1S/C14H14BrN3O2S.ClH/c15-10-3-1-2-9(6-10)12-8-21-14(17-12)18-13(19)11-7-20-5-4-16-11;/h1-3,6,8,11,16H,4-5,7H2,(H,17,18,19);1H. The maximum atomic E-state index is 12.1. The summed E-state index contributed by atoms with van der Waals surface area (Å²) in [5.41, 5.74) is 1.87. The van der Waals surface area contributed by atoms with Crippen molar-refractivity contribution >= 4 is 50.7 Å². The van der Waals surface area contributed by atoms with Crippen molar-refractivity contribution in [2.75, 3.05) is 25.1 Å². The van der Waals surface area contributed by atoms with Crippen molar-refractivity contribution in [3.05, 3.63) is 34.1 Å². The highest BCUT2D eigenvalue weighted by Crippen LogP contribution is 2.26. The number of hydrogen-bond donors (Lipinski definition) is 2. The van der Waals surface area contributed by atoms with Crippen LogP contribution >= 0.6 is 39.7 Å². The first-order chi connectivity index (χ1) is 10.2. The van der Waals surface area contributed by atoms with Crippen LogP contribution in [0.4, 0.5) is 5.13 Å². The van der Waals surface area contributed by atoms with Gasteiger partial charge in [-0.15, -0.1) is 23.7 Å². The Morgan fingerprint density at radius 1 is 1.50 bits per heavy atom. The quantitative estimate of drug-likeness (QED) is 0.826. The number of carbonyl (C=O) groups excluding carboxylic acids is 1. The molecular formula is C14H15BrClN3O2S. The minimum Gasteiger partial charge on any atom is -0.378 e. The fraction of sp³-hybridized carbons (Fsp3) is 0.286. The van der Waals surface area contributed by atoms with Gasteiger partial charge in [-0.2, -0.15) is 0 Å². The number of thiazole rings is 1. The summed E-state index contributed by atoms with van der Waals surface area (Å²) >= 11 is 4.86. The molecule has 1 saturated heterocycles. The number of benzene rings is 1. The van der Waals surface area contributed by atoms with E-state index in [2.05, 4.69) is 31.5 Å². The molecular weight excluding hydrogens is 390 g/mol. The third kappa shape index (κ3) is 4.27. The van der Waals surface area contributed by atoms with Crippen LogP contribution < -0.4 is 10.6 Å². The van der Waals surface area contributed by atoms with E-state index in [0.29, 0.717) is 24.9 Å². The zero-order chi connectivity index (χ0) is 14.7. The highest BCUT2D eigenvalue weighted by Gasteiger charge is 2.22. The van der Waals surface area contributed by atoms with Crippen molar-refractivity contribution in [2.24, 2.45) is 0 Å². The first-order valence-corrected chi connectivity index (χ1v) is 8.23. The number of amides is 1. The van der Waals surface area contributed by atoms with Gasteiger partial charge in [-0.05, 0) is 12.1 Å². The molecule has 1 aliphatic heterocycles. The fourth-order valence-electron chi connectivity index (χ4n) is 2.04. The minimum absolute atomic E-state index is 0. The SMILES string of the molecule is Cl.O=C(Nc1nc(-c2cccc(Br)c2)cs1)C1COCCN1.